The summed E-state index contributed by atoms with van der Waals surface area (Å²) in [5, 5.41) is 7.21. The van der Waals surface area contributed by atoms with Gasteiger partial charge in [-0.15, -0.1) is 0 Å². The van der Waals surface area contributed by atoms with Crippen molar-refractivity contribution in [1.29, 1.82) is 0 Å². The summed E-state index contributed by atoms with van der Waals surface area (Å²) in [6, 6.07) is 113. The van der Waals surface area contributed by atoms with Crippen LogP contribution in [-0.2, 0) is 0 Å². The molecule has 0 atom stereocenters. The van der Waals surface area contributed by atoms with Gasteiger partial charge in [-0.25, -0.2) is 9.97 Å². The molecule has 0 aliphatic heterocycles. The summed E-state index contributed by atoms with van der Waals surface area (Å²) >= 11 is 0. The van der Waals surface area contributed by atoms with Crippen LogP contribution >= 0.6 is 0 Å². The topological polar surface area (TPSA) is 40.6 Å². The van der Waals surface area contributed by atoms with E-state index in [0.29, 0.717) is 5.82 Å². The zero-order valence-corrected chi connectivity index (χ0v) is 49.2. The van der Waals surface area contributed by atoms with Crippen LogP contribution in [0.2, 0.25) is 0 Å². The van der Waals surface area contributed by atoms with Crippen LogP contribution in [0.4, 0.5) is 0 Å². The van der Waals surface area contributed by atoms with Crippen LogP contribution in [0.25, 0.3) is 161 Å². The fraction of sp³-hybridized carbons (Fsp3) is 0.0238. The van der Waals surface area contributed by atoms with E-state index in [2.05, 4.69) is 331 Å². The fourth-order valence-electron chi connectivity index (χ4n) is 14.0. The molecule has 0 spiro atoms. The second-order valence-corrected chi connectivity index (χ2v) is 23.4. The van der Waals surface area contributed by atoms with E-state index < -0.39 is 0 Å². The first kappa shape index (κ1) is 51.7. The van der Waals surface area contributed by atoms with E-state index in [4.69, 9.17) is 9.97 Å². The van der Waals surface area contributed by atoms with Crippen LogP contribution in [0.3, 0.4) is 0 Å². The third-order valence-corrected chi connectivity index (χ3v) is 18.1. The minimum absolute atomic E-state index is 0.659. The normalized spacial score (nSPS) is 11.7. The summed E-state index contributed by atoms with van der Waals surface area (Å²) in [4.78, 5) is 10.9. The molecule has 0 fully saturated rings. The zero-order valence-electron chi connectivity index (χ0n) is 49.2. The minimum atomic E-state index is 0.659. The smallest absolute Gasteiger partial charge is 0.160 e. The number of hydrogen-bond acceptors (Lipinski definition) is 2. The molecular formula is C84H57N5. The molecule has 0 radical (unpaired) electrons. The summed E-state index contributed by atoms with van der Waals surface area (Å²) in [5.74, 6) is 0.659. The van der Waals surface area contributed by atoms with Crippen LogP contribution in [0.1, 0.15) is 11.1 Å². The molecule has 4 aromatic heterocycles. The summed E-state index contributed by atoms with van der Waals surface area (Å²) in [7, 11) is 0. The lowest BCUT2D eigenvalue weighted by molar-refractivity contribution is 1.16. The Labute approximate surface area is 516 Å². The number of fused-ring (bicyclic) bond motifs is 9. The Morgan fingerprint density at radius 2 is 0.584 bits per heavy atom. The van der Waals surface area contributed by atoms with E-state index in [1.807, 2.05) is 6.07 Å². The van der Waals surface area contributed by atoms with Gasteiger partial charge in [-0.1, -0.05) is 218 Å². The van der Waals surface area contributed by atoms with E-state index >= 15 is 0 Å². The molecule has 5 heteroatoms. The number of nitrogens with zero attached hydrogens (tertiary/aromatic N) is 5. The van der Waals surface area contributed by atoms with Gasteiger partial charge in [0.25, 0.3) is 0 Å². The molecule has 0 N–H and O–H groups in total. The minimum Gasteiger partial charge on any atom is -0.309 e. The largest absolute Gasteiger partial charge is 0.309 e. The molecule has 5 nitrogen and oxygen atoms in total. The predicted molar refractivity (Wildman–Crippen MR) is 373 cm³/mol. The van der Waals surface area contributed by atoms with Crippen molar-refractivity contribution >= 4 is 65.4 Å². The molecule has 0 unspecified atom stereocenters. The van der Waals surface area contributed by atoms with Crippen molar-refractivity contribution in [1.82, 2.24) is 23.7 Å². The first-order valence-electron chi connectivity index (χ1n) is 30.5. The lowest BCUT2D eigenvalue weighted by Crippen LogP contribution is -2.04. The van der Waals surface area contributed by atoms with Crippen molar-refractivity contribution in [3.05, 3.63) is 321 Å². The van der Waals surface area contributed by atoms with E-state index in [9.17, 15) is 0 Å². The molecule has 0 aliphatic carbocycles. The Morgan fingerprint density at radius 1 is 0.225 bits per heavy atom. The number of para-hydroxylation sites is 4. The molecule has 0 amide bonds. The molecule has 89 heavy (non-hydrogen) atoms. The van der Waals surface area contributed by atoms with Crippen molar-refractivity contribution < 1.29 is 0 Å². The average Bonchev–Trinajstić information content (AvgIpc) is 1.73. The Bertz CT molecular complexity index is 5200. The molecular weight excluding hydrogens is 1080 g/mol. The summed E-state index contributed by atoms with van der Waals surface area (Å²) in [6.07, 6.45) is 0. The van der Waals surface area contributed by atoms with Gasteiger partial charge in [0.1, 0.15) is 0 Å². The van der Waals surface area contributed by atoms with Gasteiger partial charge in [0.15, 0.2) is 5.82 Å². The second kappa shape index (κ2) is 21.1. The first-order chi connectivity index (χ1) is 44.0. The Balaban J connectivity index is 1.02. The summed E-state index contributed by atoms with van der Waals surface area (Å²) in [6.45, 7) is 4.42. The van der Waals surface area contributed by atoms with Crippen LogP contribution in [-0.4, -0.2) is 23.7 Å². The van der Waals surface area contributed by atoms with Gasteiger partial charge in [-0.3, -0.25) is 0 Å². The van der Waals surface area contributed by atoms with Gasteiger partial charge in [-0.2, -0.15) is 0 Å². The quantitative estimate of drug-likeness (QED) is 0.137. The van der Waals surface area contributed by atoms with Crippen molar-refractivity contribution in [2.24, 2.45) is 0 Å². The number of benzene rings is 13. The number of aryl methyl sites for hydroxylation is 2. The standard InChI is InChI=1S/C84H57N5/c1-54-23-9-11-33-65(54)60-43-45-81-73(49-60)74-50-61(66-34-12-10-24-55(66)2)44-46-82(74)89(81)83-71(58-29-21-31-63(47-58)87-77-39-17-13-35-67(77)68-36-14-18-40-78(68)87)51-62(76-53-75(56-25-5-3-6-26-56)85-84(86-76)57-27-7-4-8-28-57)52-72(83)59-30-22-32-64(48-59)88-79-41-19-15-37-69(79)70-38-16-20-42-80(70)88/h3-53H,1-2H3. The maximum atomic E-state index is 5.58. The van der Waals surface area contributed by atoms with Gasteiger partial charge in [-0.05, 0) is 149 Å². The first-order valence-corrected chi connectivity index (χ1v) is 30.5. The van der Waals surface area contributed by atoms with Gasteiger partial charge in [0, 0.05) is 71.5 Å². The van der Waals surface area contributed by atoms with Gasteiger partial charge in [0.2, 0.25) is 0 Å². The van der Waals surface area contributed by atoms with E-state index in [-0.39, 0.29) is 0 Å². The predicted octanol–water partition coefficient (Wildman–Crippen LogP) is 22.1. The number of rotatable bonds is 10. The van der Waals surface area contributed by atoms with E-state index in [1.165, 1.54) is 65.7 Å². The summed E-state index contributed by atoms with van der Waals surface area (Å²) < 4.78 is 7.42. The van der Waals surface area contributed by atoms with Crippen LogP contribution in [0.15, 0.2) is 309 Å². The maximum Gasteiger partial charge on any atom is 0.160 e. The average molecular weight is 1140 g/mol. The molecule has 4 heterocycles. The van der Waals surface area contributed by atoms with Crippen LogP contribution in [0, 0.1) is 13.8 Å². The summed E-state index contributed by atoms with van der Waals surface area (Å²) in [5.41, 5.74) is 26.1. The zero-order chi connectivity index (χ0) is 59.1. The molecule has 0 aliphatic rings. The second-order valence-electron chi connectivity index (χ2n) is 23.4. The lowest BCUT2D eigenvalue weighted by Gasteiger charge is -2.22. The molecule has 0 bridgehead atoms. The van der Waals surface area contributed by atoms with Gasteiger partial charge < -0.3 is 13.7 Å². The lowest BCUT2D eigenvalue weighted by atomic mass is 9.91. The molecule has 0 saturated carbocycles. The molecule has 13 aromatic carbocycles. The van der Waals surface area contributed by atoms with Gasteiger partial charge in [0.05, 0.1) is 50.2 Å². The van der Waals surface area contributed by atoms with Crippen molar-refractivity contribution in [3.8, 4) is 95.5 Å². The Kier molecular flexibility index (Phi) is 12.3. The third kappa shape index (κ3) is 8.69. The highest BCUT2D eigenvalue weighted by Gasteiger charge is 2.26. The highest BCUT2D eigenvalue weighted by Crippen LogP contribution is 2.47. The number of hydrogen-bond donors (Lipinski definition) is 0. The van der Waals surface area contributed by atoms with Gasteiger partial charge >= 0.3 is 0 Å². The SMILES string of the molecule is Cc1ccccc1-c1ccc2c(c1)c1cc(-c3ccccc3C)ccc1n2-c1c(-c2cccc(-n3c4ccccc4c4ccccc43)c2)cc(-c2cc(-c3ccccc3)nc(-c3ccccc3)n2)cc1-c1cccc(-n2c3ccccc3c3ccccc32)c1. The molecule has 418 valence electrons. The Morgan fingerprint density at radius 3 is 1.03 bits per heavy atom. The van der Waals surface area contributed by atoms with E-state index in [0.717, 1.165) is 100 Å². The van der Waals surface area contributed by atoms with Crippen molar-refractivity contribution in [3.63, 3.8) is 0 Å². The fourth-order valence-corrected chi connectivity index (χ4v) is 14.0. The number of aromatic nitrogens is 5. The van der Waals surface area contributed by atoms with Crippen molar-refractivity contribution in [2.45, 2.75) is 13.8 Å². The van der Waals surface area contributed by atoms with Crippen molar-refractivity contribution in [2.75, 3.05) is 0 Å². The molecule has 0 saturated heterocycles. The third-order valence-electron chi connectivity index (χ3n) is 18.1. The highest BCUT2D eigenvalue weighted by molar-refractivity contribution is 6.14. The maximum absolute atomic E-state index is 5.58. The monoisotopic (exact) mass is 1140 g/mol. The van der Waals surface area contributed by atoms with Crippen LogP contribution < -0.4 is 0 Å². The highest BCUT2D eigenvalue weighted by atomic mass is 15.0. The van der Waals surface area contributed by atoms with Crippen LogP contribution in [0.5, 0.6) is 0 Å². The molecule has 17 rings (SSSR count). The Hall–Kier alpha value is -11.7. The van der Waals surface area contributed by atoms with E-state index in [1.54, 1.807) is 0 Å². The molecule has 17 aromatic rings.